The molecule has 3 aromatic heterocycles. The van der Waals surface area contributed by atoms with E-state index >= 15 is 0 Å². The zero-order valence-corrected chi connectivity index (χ0v) is 18.1. The molecule has 8 nitrogen and oxygen atoms in total. The van der Waals surface area contributed by atoms with E-state index in [4.69, 9.17) is 4.74 Å². The zero-order valence-electron chi connectivity index (χ0n) is 18.1. The van der Waals surface area contributed by atoms with E-state index in [1.165, 1.54) is 0 Å². The number of aryl methyl sites for hydroxylation is 1. The molecule has 3 N–H and O–H groups in total. The topological polar surface area (TPSA) is 105 Å². The van der Waals surface area contributed by atoms with Gasteiger partial charge in [-0.25, -0.2) is 15.0 Å². The van der Waals surface area contributed by atoms with Crippen LogP contribution in [0.25, 0.3) is 21.9 Å². The maximum atomic E-state index is 10.8. The largest absolute Gasteiger partial charge is 0.493 e. The summed E-state index contributed by atoms with van der Waals surface area (Å²) in [6.45, 7) is 2.36. The number of rotatable bonds is 6. The number of anilines is 1. The lowest BCUT2D eigenvalue weighted by molar-refractivity contribution is -0.00141. The van der Waals surface area contributed by atoms with Gasteiger partial charge in [0.25, 0.3) is 0 Å². The fourth-order valence-corrected chi connectivity index (χ4v) is 4.64. The van der Waals surface area contributed by atoms with Gasteiger partial charge in [0.15, 0.2) is 0 Å². The van der Waals surface area contributed by atoms with Crippen molar-refractivity contribution in [3.05, 3.63) is 54.6 Å². The van der Waals surface area contributed by atoms with E-state index in [1.807, 2.05) is 54.2 Å². The van der Waals surface area contributed by atoms with Gasteiger partial charge in [-0.2, -0.15) is 0 Å². The van der Waals surface area contributed by atoms with Crippen molar-refractivity contribution in [2.24, 2.45) is 5.92 Å². The van der Waals surface area contributed by atoms with Crippen LogP contribution in [-0.2, 0) is 6.42 Å². The number of fused-ring (bicyclic) bond motifs is 2. The molecule has 0 bridgehead atoms. The number of aliphatic hydroxyl groups is 2. The minimum atomic E-state index is -0.893. The third-order valence-corrected chi connectivity index (χ3v) is 6.44. The Morgan fingerprint density at radius 1 is 1.12 bits per heavy atom. The van der Waals surface area contributed by atoms with E-state index in [2.05, 4.69) is 27.2 Å². The second-order valence-electron chi connectivity index (χ2n) is 8.29. The second-order valence-corrected chi connectivity index (χ2v) is 8.29. The summed E-state index contributed by atoms with van der Waals surface area (Å²) in [5.41, 5.74) is 2.60. The molecule has 1 saturated carbocycles. The number of ether oxygens (including phenoxy) is 1. The Kier molecular flexibility index (Phi) is 5.40. The lowest BCUT2D eigenvalue weighted by Crippen LogP contribution is -2.31. The number of nitrogens with one attached hydrogen (secondary N) is 1. The molecule has 0 amide bonds. The van der Waals surface area contributed by atoms with Gasteiger partial charge in [0.1, 0.15) is 29.6 Å². The molecule has 4 atom stereocenters. The standard InChI is InChI=1S/C24H27N5O3/c1-3-18-17-8-9-29(24(17)27-13-26-18)20-10-15(22(30)23(20)31)12-32-16-6-4-14-5-7-21(25-2)28-19(14)11-16/h4-9,11,13,15,20,22-23,30-31H,3,10,12H2,1-2H3,(H,25,28)/t15-,20-,22-,23+/m1/s1. The van der Waals surface area contributed by atoms with E-state index in [9.17, 15) is 10.2 Å². The van der Waals surface area contributed by atoms with Gasteiger partial charge in [0.2, 0.25) is 0 Å². The van der Waals surface area contributed by atoms with Crippen molar-refractivity contribution >= 4 is 27.8 Å². The molecular weight excluding hydrogens is 406 g/mol. The Balaban J connectivity index is 1.33. The summed E-state index contributed by atoms with van der Waals surface area (Å²) in [7, 11) is 1.83. The highest BCUT2D eigenvalue weighted by atomic mass is 16.5. The van der Waals surface area contributed by atoms with E-state index in [0.29, 0.717) is 18.8 Å². The Labute approximate surface area is 185 Å². The number of aromatic nitrogens is 4. The van der Waals surface area contributed by atoms with Crippen LogP contribution in [0.1, 0.15) is 25.1 Å². The van der Waals surface area contributed by atoms with E-state index in [1.54, 1.807) is 6.33 Å². The predicted molar refractivity (Wildman–Crippen MR) is 123 cm³/mol. The normalized spacial score (nSPS) is 23.1. The fraction of sp³-hybridized carbons (Fsp3) is 0.375. The van der Waals surface area contributed by atoms with E-state index in [0.717, 1.165) is 39.9 Å². The summed E-state index contributed by atoms with van der Waals surface area (Å²) in [4.78, 5) is 13.3. The van der Waals surface area contributed by atoms with E-state index < -0.39 is 12.2 Å². The van der Waals surface area contributed by atoms with Gasteiger partial charge < -0.3 is 24.8 Å². The quantitative estimate of drug-likeness (QED) is 0.429. The van der Waals surface area contributed by atoms with Gasteiger partial charge in [-0.3, -0.25) is 0 Å². The number of hydrogen-bond donors (Lipinski definition) is 3. The molecule has 1 aliphatic rings. The number of hydrogen-bond acceptors (Lipinski definition) is 7. The van der Waals surface area contributed by atoms with Crippen molar-refractivity contribution < 1.29 is 14.9 Å². The predicted octanol–water partition coefficient (Wildman–Crippen LogP) is 2.95. The first-order valence-electron chi connectivity index (χ1n) is 11.0. The lowest BCUT2D eigenvalue weighted by Gasteiger charge is -2.19. The van der Waals surface area contributed by atoms with Crippen LogP contribution in [-0.4, -0.2) is 55.6 Å². The van der Waals surface area contributed by atoms with Crippen molar-refractivity contribution in [2.75, 3.05) is 19.0 Å². The zero-order chi connectivity index (χ0) is 22.2. The summed E-state index contributed by atoms with van der Waals surface area (Å²) in [5.74, 6) is 1.28. The summed E-state index contributed by atoms with van der Waals surface area (Å²) < 4.78 is 7.98. The first-order chi connectivity index (χ1) is 15.6. The first-order valence-corrected chi connectivity index (χ1v) is 11.0. The molecule has 1 aromatic carbocycles. The van der Waals surface area contributed by atoms with Gasteiger partial charge in [-0.15, -0.1) is 0 Å². The minimum absolute atomic E-state index is 0.202. The number of aliphatic hydroxyl groups excluding tert-OH is 2. The monoisotopic (exact) mass is 433 g/mol. The third kappa shape index (κ3) is 3.55. The van der Waals surface area contributed by atoms with E-state index in [-0.39, 0.29) is 12.0 Å². The second kappa shape index (κ2) is 8.37. The highest BCUT2D eigenvalue weighted by molar-refractivity contribution is 5.81. The minimum Gasteiger partial charge on any atom is -0.493 e. The maximum absolute atomic E-state index is 10.8. The highest BCUT2D eigenvalue weighted by Crippen LogP contribution is 2.38. The van der Waals surface area contributed by atoms with Crippen LogP contribution in [0.15, 0.2) is 48.9 Å². The summed E-state index contributed by atoms with van der Waals surface area (Å²) >= 11 is 0. The summed E-state index contributed by atoms with van der Waals surface area (Å²) in [6, 6.07) is 11.4. The number of nitrogens with zero attached hydrogens (tertiary/aromatic N) is 4. The van der Waals surface area contributed by atoms with Gasteiger partial charge >= 0.3 is 0 Å². The molecule has 0 spiro atoms. The molecule has 0 aliphatic heterocycles. The molecule has 0 unspecified atom stereocenters. The van der Waals surface area contributed by atoms with Crippen LogP contribution in [0.4, 0.5) is 5.82 Å². The molecule has 1 fully saturated rings. The van der Waals surface area contributed by atoms with Crippen molar-refractivity contribution in [1.82, 2.24) is 19.5 Å². The number of pyridine rings is 1. The lowest BCUT2D eigenvalue weighted by atomic mass is 10.1. The summed E-state index contributed by atoms with van der Waals surface area (Å²) in [5, 5.41) is 26.6. The van der Waals surface area contributed by atoms with Crippen molar-refractivity contribution in [2.45, 2.75) is 38.0 Å². The van der Waals surface area contributed by atoms with Crippen LogP contribution in [0.3, 0.4) is 0 Å². The first kappa shape index (κ1) is 20.7. The molecule has 5 rings (SSSR count). The van der Waals surface area contributed by atoms with Crippen LogP contribution in [0.2, 0.25) is 0 Å². The molecule has 1 aliphatic carbocycles. The molecule has 0 saturated heterocycles. The summed E-state index contributed by atoms with van der Waals surface area (Å²) in [6.07, 6.45) is 3.12. The van der Waals surface area contributed by atoms with Crippen LogP contribution in [0, 0.1) is 5.92 Å². The van der Waals surface area contributed by atoms with Crippen molar-refractivity contribution in [3.8, 4) is 5.75 Å². The van der Waals surface area contributed by atoms with Gasteiger partial charge in [-0.1, -0.05) is 6.92 Å². The van der Waals surface area contributed by atoms with Gasteiger partial charge in [0.05, 0.1) is 30.0 Å². The molecule has 32 heavy (non-hydrogen) atoms. The van der Waals surface area contributed by atoms with Crippen LogP contribution < -0.4 is 10.1 Å². The van der Waals surface area contributed by atoms with Crippen LogP contribution >= 0.6 is 0 Å². The molecule has 3 heterocycles. The molecular formula is C24H27N5O3. The Bertz CT molecular complexity index is 1260. The smallest absolute Gasteiger partial charge is 0.143 e. The van der Waals surface area contributed by atoms with Gasteiger partial charge in [0, 0.05) is 36.0 Å². The average molecular weight is 434 g/mol. The Morgan fingerprint density at radius 2 is 1.97 bits per heavy atom. The van der Waals surface area contributed by atoms with Crippen LogP contribution in [0.5, 0.6) is 5.75 Å². The Morgan fingerprint density at radius 3 is 2.78 bits per heavy atom. The maximum Gasteiger partial charge on any atom is 0.143 e. The third-order valence-electron chi connectivity index (χ3n) is 6.44. The molecule has 8 heteroatoms. The van der Waals surface area contributed by atoms with Crippen molar-refractivity contribution in [3.63, 3.8) is 0 Å². The number of benzene rings is 1. The highest BCUT2D eigenvalue weighted by Gasteiger charge is 2.43. The molecule has 4 aromatic rings. The van der Waals surface area contributed by atoms with Gasteiger partial charge in [-0.05, 0) is 43.2 Å². The Hall–Kier alpha value is -3.23. The molecule has 166 valence electrons. The average Bonchev–Trinajstić information content (AvgIpc) is 3.38. The SMILES string of the molecule is CCc1ncnc2c1ccn2[C@@H]1C[C@H](COc2ccc3ccc(NC)nc3c2)[C@@H](O)[C@H]1O. The van der Waals surface area contributed by atoms with Crippen molar-refractivity contribution in [1.29, 1.82) is 0 Å². The molecule has 0 radical (unpaired) electrons. The fourth-order valence-electron chi connectivity index (χ4n) is 4.64.